The molecule has 3 rings (SSSR count). The van der Waals surface area contributed by atoms with E-state index < -0.39 is 11.9 Å². The van der Waals surface area contributed by atoms with E-state index in [9.17, 15) is 9.59 Å². The molecular formula is C14H14N2O5. The van der Waals surface area contributed by atoms with Gasteiger partial charge in [-0.25, -0.2) is 0 Å². The molecule has 2 atom stereocenters. The topological polar surface area (TPSA) is 96.8 Å². The minimum Gasteiger partial charge on any atom is -0.481 e. The highest BCUT2D eigenvalue weighted by Crippen LogP contribution is 2.27. The lowest BCUT2D eigenvalue weighted by atomic mass is 10.0. The van der Waals surface area contributed by atoms with Crippen molar-refractivity contribution in [3.8, 4) is 11.5 Å². The lowest BCUT2D eigenvalue weighted by Crippen LogP contribution is -2.37. The van der Waals surface area contributed by atoms with Gasteiger partial charge in [0.25, 0.3) is 5.91 Å². The quantitative estimate of drug-likeness (QED) is 0.926. The summed E-state index contributed by atoms with van der Waals surface area (Å²) in [5, 5.41) is 12.8. The summed E-state index contributed by atoms with van der Waals surface area (Å²) < 4.78 is 10.3. The molecule has 1 aliphatic heterocycles. The molecule has 7 nitrogen and oxygen atoms in total. The average Bonchev–Trinajstić information content (AvgIpc) is 3.18. The molecule has 0 saturated carbocycles. The van der Waals surface area contributed by atoms with Crippen molar-refractivity contribution >= 4 is 11.9 Å². The first kappa shape index (κ1) is 13.4. The summed E-state index contributed by atoms with van der Waals surface area (Å²) in [6.45, 7) is 2.14. The molecule has 0 aliphatic carbocycles. The van der Waals surface area contributed by atoms with Crippen molar-refractivity contribution in [2.24, 2.45) is 5.92 Å². The Morgan fingerprint density at radius 3 is 2.86 bits per heavy atom. The van der Waals surface area contributed by atoms with Crippen LogP contribution >= 0.6 is 0 Å². The van der Waals surface area contributed by atoms with Crippen LogP contribution in [0, 0.1) is 5.92 Å². The van der Waals surface area contributed by atoms with E-state index in [4.69, 9.17) is 14.0 Å². The maximum absolute atomic E-state index is 12.4. The van der Waals surface area contributed by atoms with Gasteiger partial charge in [0.15, 0.2) is 11.5 Å². The van der Waals surface area contributed by atoms with Gasteiger partial charge in [-0.3, -0.25) is 9.59 Å². The number of carboxylic acid groups (broad SMARTS) is 1. The summed E-state index contributed by atoms with van der Waals surface area (Å²) in [4.78, 5) is 25.0. The van der Waals surface area contributed by atoms with Crippen molar-refractivity contribution in [1.82, 2.24) is 10.1 Å². The van der Waals surface area contributed by atoms with Gasteiger partial charge in [0.1, 0.15) is 0 Å². The molecule has 2 aromatic rings. The Balaban J connectivity index is 1.79. The molecule has 1 N–H and O–H groups in total. The molecule has 0 spiro atoms. The van der Waals surface area contributed by atoms with Gasteiger partial charge in [-0.2, -0.15) is 0 Å². The summed E-state index contributed by atoms with van der Waals surface area (Å²) in [5.74, 6) is -0.892. The molecule has 21 heavy (non-hydrogen) atoms. The maximum atomic E-state index is 12.4. The maximum Gasteiger partial charge on any atom is 0.308 e. The van der Waals surface area contributed by atoms with Crippen molar-refractivity contribution in [3.63, 3.8) is 0 Å². The monoisotopic (exact) mass is 290 g/mol. The number of amides is 1. The van der Waals surface area contributed by atoms with Gasteiger partial charge in [-0.15, -0.1) is 0 Å². The van der Waals surface area contributed by atoms with Crippen LogP contribution in [0.2, 0.25) is 0 Å². The van der Waals surface area contributed by atoms with E-state index >= 15 is 0 Å². The first-order chi connectivity index (χ1) is 10.1. The molecule has 2 aromatic heterocycles. The third-order valence-electron chi connectivity index (χ3n) is 3.83. The van der Waals surface area contributed by atoms with Crippen LogP contribution in [0.3, 0.4) is 0 Å². The highest BCUT2D eigenvalue weighted by atomic mass is 16.5. The SMILES string of the molecule is CC1C(C(=O)O)CCN1C(=O)c1cc(-c2ccco2)on1. The molecule has 2 unspecified atom stereocenters. The lowest BCUT2D eigenvalue weighted by molar-refractivity contribution is -0.142. The van der Waals surface area contributed by atoms with Crippen LogP contribution in [0.4, 0.5) is 0 Å². The van der Waals surface area contributed by atoms with Crippen LogP contribution < -0.4 is 0 Å². The molecule has 1 saturated heterocycles. The van der Waals surface area contributed by atoms with Gasteiger partial charge in [-0.05, 0) is 25.5 Å². The Morgan fingerprint density at radius 2 is 2.24 bits per heavy atom. The van der Waals surface area contributed by atoms with Crippen molar-refractivity contribution in [3.05, 3.63) is 30.2 Å². The van der Waals surface area contributed by atoms with Crippen LogP contribution in [0.1, 0.15) is 23.8 Å². The normalized spacial score (nSPS) is 21.7. The number of hydrogen-bond acceptors (Lipinski definition) is 5. The number of carbonyl (C=O) groups excluding carboxylic acids is 1. The van der Waals surface area contributed by atoms with E-state index in [1.54, 1.807) is 19.1 Å². The average molecular weight is 290 g/mol. The summed E-state index contributed by atoms with van der Waals surface area (Å²) in [6, 6.07) is 4.55. The third kappa shape index (κ3) is 2.31. The number of aliphatic carboxylic acids is 1. The van der Waals surface area contributed by atoms with Crippen LogP contribution in [-0.4, -0.2) is 39.6 Å². The third-order valence-corrected chi connectivity index (χ3v) is 3.83. The minimum atomic E-state index is -0.880. The van der Waals surface area contributed by atoms with E-state index in [1.807, 2.05) is 0 Å². The Kier molecular flexibility index (Phi) is 3.25. The number of rotatable bonds is 3. The standard InChI is InChI=1S/C14H14N2O5/c1-8-9(14(18)19)4-5-16(8)13(17)10-7-12(21-15-10)11-3-2-6-20-11/h2-3,6-9H,4-5H2,1H3,(H,18,19). The van der Waals surface area contributed by atoms with E-state index in [1.165, 1.54) is 17.2 Å². The number of furan rings is 1. The van der Waals surface area contributed by atoms with Crippen molar-refractivity contribution in [2.75, 3.05) is 6.54 Å². The zero-order valence-corrected chi connectivity index (χ0v) is 11.4. The Morgan fingerprint density at radius 1 is 1.43 bits per heavy atom. The predicted molar refractivity (Wildman–Crippen MR) is 70.4 cm³/mol. The number of carbonyl (C=O) groups is 2. The Hall–Kier alpha value is -2.57. The molecular weight excluding hydrogens is 276 g/mol. The summed E-state index contributed by atoms with van der Waals surface area (Å²) in [5.41, 5.74) is 0.152. The highest BCUT2D eigenvalue weighted by molar-refractivity contribution is 5.94. The summed E-state index contributed by atoms with van der Waals surface area (Å²) in [7, 11) is 0. The molecule has 7 heteroatoms. The smallest absolute Gasteiger partial charge is 0.308 e. The number of carboxylic acids is 1. The van der Waals surface area contributed by atoms with Gasteiger partial charge >= 0.3 is 5.97 Å². The second kappa shape index (κ2) is 5.08. The van der Waals surface area contributed by atoms with E-state index in [-0.39, 0.29) is 17.6 Å². The second-order valence-corrected chi connectivity index (χ2v) is 5.03. The lowest BCUT2D eigenvalue weighted by Gasteiger charge is -2.21. The molecule has 1 fully saturated rings. The molecule has 0 aromatic carbocycles. The summed E-state index contributed by atoms with van der Waals surface area (Å²) >= 11 is 0. The van der Waals surface area contributed by atoms with Crippen LogP contribution in [0.15, 0.2) is 33.4 Å². The zero-order chi connectivity index (χ0) is 15.0. The van der Waals surface area contributed by atoms with Gasteiger partial charge in [0.2, 0.25) is 5.76 Å². The second-order valence-electron chi connectivity index (χ2n) is 5.03. The van der Waals surface area contributed by atoms with Crippen molar-refractivity contribution in [2.45, 2.75) is 19.4 Å². The number of nitrogens with zero attached hydrogens (tertiary/aromatic N) is 2. The summed E-state index contributed by atoms with van der Waals surface area (Å²) in [6.07, 6.45) is 1.95. The van der Waals surface area contributed by atoms with Gasteiger partial charge in [0, 0.05) is 18.7 Å². The molecule has 0 radical (unpaired) electrons. The first-order valence-electron chi connectivity index (χ1n) is 6.62. The Labute approximate surface area is 120 Å². The van der Waals surface area contributed by atoms with Gasteiger partial charge in [-0.1, -0.05) is 5.16 Å². The minimum absolute atomic E-state index is 0.152. The molecule has 0 bridgehead atoms. The fraction of sp³-hybridized carbons (Fsp3) is 0.357. The number of likely N-dealkylation sites (tertiary alicyclic amines) is 1. The van der Waals surface area contributed by atoms with Crippen molar-refractivity contribution < 1.29 is 23.6 Å². The fourth-order valence-electron chi connectivity index (χ4n) is 2.61. The molecule has 110 valence electrons. The Bertz CT molecular complexity index is 661. The molecule has 1 aliphatic rings. The number of hydrogen-bond donors (Lipinski definition) is 1. The molecule has 3 heterocycles. The predicted octanol–water partition coefficient (Wildman–Crippen LogP) is 1.87. The van der Waals surface area contributed by atoms with Crippen LogP contribution in [0.25, 0.3) is 11.5 Å². The highest BCUT2D eigenvalue weighted by Gasteiger charge is 2.39. The fourth-order valence-corrected chi connectivity index (χ4v) is 2.61. The van der Waals surface area contributed by atoms with E-state index in [2.05, 4.69) is 5.16 Å². The van der Waals surface area contributed by atoms with E-state index in [0.717, 1.165) is 0 Å². The van der Waals surface area contributed by atoms with E-state index in [0.29, 0.717) is 24.5 Å². The van der Waals surface area contributed by atoms with Gasteiger partial charge in [0.05, 0.1) is 12.2 Å². The first-order valence-corrected chi connectivity index (χ1v) is 6.62. The van der Waals surface area contributed by atoms with Crippen LogP contribution in [-0.2, 0) is 4.79 Å². The molecule has 1 amide bonds. The van der Waals surface area contributed by atoms with Crippen molar-refractivity contribution in [1.29, 1.82) is 0 Å². The van der Waals surface area contributed by atoms with Gasteiger partial charge < -0.3 is 18.9 Å². The zero-order valence-electron chi connectivity index (χ0n) is 11.4. The largest absolute Gasteiger partial charge is 0.481 e. The number of aromatic nitrogens is 1. The van der Waals surface area contributed by atoms with Crippen LogP contribution in [0.5, 0.6) is 0 Å².